The van der Waals surface area contributed by atoms with Gasteiger partial charge < -0.3 is 10.2 Å². The molecule has 0 aliphatic carbocycles. The number of likely N-dealkylation sites (tertiary alicyclic amines) is 1. The summed E-state index contributed by atoms with van der Waals surface area (Å²) in [5.41, 5.74) is 3.08. The Bertz CT molecular complexity index is 375. The Morgan fingerprint density at radius 1 is 1.31 bits per heavy atom. The summed E-state index contributed by atoms with van der Waals surface area (Å²) in [6.07, 6.45) is 3.87. The summed E-state index contributed by atoms with van der Waals surface area (Å²) in [4.78, 5) is 2.51. The molecule has 0 unspecified atom stereocenters. The zero-order valence-corrected chi connectivity index (χ0v) is 9.95. The minimum absolute atomic E-state index is 0.553. The summed E-state index contributed by atoms with van der Waals surface area (Å²) < 4.78 is 0. The SMILES string of the molecule is CN1CCC[C@H]1[C@@H]1NCCc2ccccc21. The predicted octanol–water partition coefficient (Wildman–Crippen LogP) is 1.97. The highest BCUT2D eigenvalue weighted by Crippen LogP contribution is 2.32. The van der Waals surface area contributed by atoms with Crippen molar-refractivity contribution in [1.29, 1.82) is 0 Å². The second kappa shape index (κ2) is 4.19. The smallest absolute Gasteiger partial charge is 0.0480 e. The maximum atomic E-state index is 3.71. The molecule has 1 saturated heterocycles. The lowest BCUT2D eigenvalue weighted by Gasteiger charge is -2.34. The van der Waals surface area contributed by atoms with Crippen LogP contribution in [0.25, 0.3) is 0 Å². The third-order valence-corrected chi connectivity index (χ3v) is 4.11. The molecule has 0 radical (unpaired) electrons. The molecule has 2 nitrogen and oxygen atoms in total. The molecule has 2 atom stereocenters. The Kier molecular flexibility index (Phi) is 2.70. The predicted molar refractivity (Wildman–Crippen MR) is 66.5 cm³/mol. The highest BCUT2D eigenvalue weighted by Gasteiger charge is 2.32. The Morgan fingerprint density at radius 3 is 3.00 bits per heavy atom. The molecule has 16 heavy (non-hydrogen) atoms. The number of rotatable bonds is 1. The molecule has 2 aliphatic rings. The monoisotopic (exact) mass is 216 g/mol. The lowest BCUT2D eigenvalue weighted by molar-refractivity contribution is 0.241. The normalized spacial score (nSPS) is 30.3. The fraction of sp³-hybridized carbons (Fsp3) is 0.571. The fourth-order valence-electron chi connectivity index (χ4n) is 3.24. The van der Waals surface area contributed by atoms with Gasteiger partial charge in [-0.3, -0.25) is 0 Å². The second-order valence-electron chi connectivity index (χ2n) is 5.07. The molecule has 1 fully saturated rings. The first-order chi connectivity index (χ1) is 7.86. The minimum Gasteiger partial charge on any atom is -0.308 e. The van der Waals surface area contributed by atoms with Gasteiger partial charge in [-0.1, -0.05) is 24.3 Å². The summed E-state index contributed by atoms with van der Waals surface area (Å²) in [7, 11) is 2.26. The van der Waals surface area contributed by atoms with E-state index in [0.717, 1.165) is 6.54 Å². The van der Waals surface area contributed by atoms with Crippen LogP contribution in [0.5, 0.6) is 0 Å². The van der Waals surface area contributed by atoms with Gasteiger partial charge in [0.05, 0.1) is 0 Å². The summed E-state index contributed by atoms with van der Waals surface area (Å²) in [6, 6.07) is 10.2. The molecule has 1 aromatic carbocycles. The molecular weight excluding hydrogens is 196 g/mol. The number of likely N-dealkylation sites (N-methyl/N-ethyl adjacent to an activating group) is 1. The van der Waals surface area contributed by atoms with E-state index in [1.165, 1.54) is 31.4 Å². The van der Waals surface area contributed by atoms with Crippen molar-refractivity contribution in [2.24, 2.45) is 0 Å². The van der Waals surface area contributed by atoms with Crippen LogP contribution >= 0.6 is 0 Å². The van der Waals surface area contributed by atoms with Gasteiger partial charge in [0, 0.05) is 12.1 Å². The van der Waals surface area contributed by atoms with Crippen molar-refractivity contribution >= 4 is 0 Å². The lowest BCUT2D eigenvalue weighted by atomic mass is 9.89. The average Bonchev–Trinajstić information content (AvgIpc) is 2.75. The molecule has 0 amide bonds. The molecule has 86 valence electrons. The van der Waals surface area contributed by atoms with Crippen LogP contribution in [0.2, 0.25) is 0 Å². The molecule has 1 N–H and O–H groups in total. The van der Waals surface area contributed by atoms with Gasteiger partial charge in [-0.2, -0.15) is 0 Å². The van der Waals surface area contributed by atoms with E-state index in [0.29, 0.717) is 12.1 Å². The van der Waals surface area contributed by atoms with Gasteiger partial charge >= 0.3 is 0 Å². The van der Waals surface area contributed by atoms with E-state index >= 15 is 0 Å². The molecule has 1 aromatic rings. The Labute approximate surface area is 97.6 Å². The van der Waals surface area contributed by atoms with E-state index in [1.54, 1.807) is 5.56 Å². The zero-order valence-electron chi connectivity index (χ0n) is 9.95. The van der Waals surface area contributed by atoms with Gasteiger partial charge in [0.25, 0.3) is 0 Å². The quantitative estimate of drug-likeness (QED) is 0.772. The van der Waals surface area contributed by atoms with Gasteiger partial charge in [-0.05, 0) is 50.5 Å². The van der Waals surface area contributed by atoms with Crippen LogP contribution in [0.4, 0.5) is 0 Å². The summed E-state index contributed by atoms with van der Waals surface area (Å²) in [5, 5.41) is 3.71. The van der Waals surface area contributed by atoms with Crippen molar-refractivity contribution in [1.82, 2.24) is 10.2 Å². The Hall–Kier alpha value is -0.860. The number of fused-ring (bicyclic) bond motifs is 1. The molecule has 0 saturated carbocycles. The minimum atomic E-state index is 0.553. The van der Waals surface area contributed by atoms with Crippen LogP contribution < -0.4 is 5.32 Å². The standard InChI is InChI=1S/C14H20N2/c1-16-10-4-7-13(16)14-12-6-3-2-5-11(12)8-9-15-14/h2-3,5-6,13-15H,4,7-10H2,1H3/t13-,14+/m0/s1. The highest BCUT2D eigenvalue weighted by atomic mass is 15.2. The maximum absolute atomic E-state index is 3.71. The van der Waals surface area contributed by atoms with E-state index in [4.69, 9.17) is 0 Å². The summed E-state index contributed by atoms with van der Waals surface area (Å²) in [5.74, 6) is 0. The highest BCUT2D eigenvalue weighted by molar-refractivity contribution is 5.33. The molecule has 3 rings (SSSR count). The second-order valence-corrected chi connectivity index (χ2v) is 5.07. The number of nitrogens with one attached hydrogen (secondary N) is 1. The third kappa shape index (κ3) is 1.66. The van der Waals surface area contributed by atoms with Gasteiger partial charge in [0.15, 0.2) is 0 Å². The summed E-state index contributed by atoms with van der Waals surface area (Å²) in [6.45, 7) is 2.39. The van der Waals surface area contributed by atoms with Crippen molar-refractivity contribution in [3.63, 3.8) is 0 Å². The van der Waals surface area contributed by atoms with Crippen LogP contribution in [-0.2, 0) is 6.42 Å². The molecule has 0 aromatic heterocycles. The van der Waals surface area contributed by atoms with Crippen molar-refractivity contribution in [3.05, 3.63) is 35.4 Å². The van der Waals surface area contributed by atoms with Crippen molar-refractivity contribution < 1.29 is 0 Å². The van der Waals surface area contributed by atoms with E-state index < -0.39 is 0 Å². The van der Waals surface area contributed by atoms with E-state index in [1.807, 2.05) is 0 Å². The van der Waals surface area contributed by atoms with Crippen LogP contribution in [0.3, 0.4) is 0 Å². The van der Waals surface area contributed by atoms with Crippen LogP contribution in [-0.4, -0.2) is 31.1 Å². The first-order valence-electron chi connectivity index (χ1n) is 6.38. The van der Waals surface area contributed by atoms with E-state index in [-0.39, 0.29) is 0 Å². The number of benzene rings is 1. The van der Waals surface area contributed by atoms with Gasteiger partial charge in [0.1, 0.15) is 0 Å². The molecule has 0 spiro atoms. The molecule has 0 bridgehead atoms. The van der Waals surface area contributed by atoms with Gasteiger partial charge in [0.2, 0.25) is 0 Å². The Morgan fingerprint density at radius 2 is 2.19 bits per heavy atom. The number of hydrogen-bond acceptors (Lipinski definition) is 2. The topological polar surface area (TPSA) is 15.3 Å². The first-order valence-corrected chi connectivity index (χ1v) is 6.38. The van der Waals surface area contributed by atoms with Crippen LogP contribution in [0, 0.1) is 0 Å². The fourth-order valence-corrected chi connectivity index (χ4v) is 3.24. The van der Waals surface area contributed by atoms with Crippen LogP contribution in [0.15, 0.2) is 24.3 Å². The molecular formula is C14H20N2. The van der Waals surface area contributed by atoms with Crippen LogP contribution in [0.1, 0.15) is 30.0 Å². The molecule has 2 heteroatoms. The Balaban J connectivity index is 1.92. The first kappa shape index (κ1) is 10.3. The van der Waals surface area contributed by atoms with Crippen molar-refractivity contribution in [3.8, 4) is 0 Å². The zero-order chi connectivity index (χ0) is 11.0. The van der Waals surface area contributed by atoms with Crippen molar-refractivity contribution in [2.75, 3.05) is 20.1 Å². The van der Waals surface area contributed by atoms with Crippen molar-refractivity contribution in [2.45, 2.75) is 31.3 Å². The van der Waals surface area contributed by atoms with Gasteiger partial charge in [-0.15, -0.1) is 0 Å². The number of nitrogens with zero attached hydrogens (tertiary/aromatic N) is 1. The largest absolute Gasteiger partial charge is 0.308 e. The average molecular weight is 216 g/mol. The summed E-state index contributed by atoms with van der Waals surface area (Å²) >= 11 is 0. The number of hydrogen-bond donors (Lipinski definition) is 1. The third-order valence-electron chi connectivity index (χ3n) is 4.11. The maximum Gasteiger partial charge on any atom is 0.0480 e. The lowest BCUT2D eigenvalue weighted by Crippen LogP contribution is -2.42. The molecule has 2 heterocycles. The van der Waals surface area contributed by atoms with Gasteiger partial charge in [-0.25, -0.2) is 0 Å². The van der Waals surface area contributed by atoms with E-state index in [2.05, 4.69) is 41.5 Å². The molecule has 2 aliphatic heterocycles. The van der Waals surface area contributed by atoms with E-state index in [9.17, 15) is 0 Å².